The van der Waals surface area contributed by atoms with Gasteiger partial charge in [-0.2, -0.15) is 4.98 Å². The van der Waals surface area contributed by atoms with Gasteiger partial charge in [-0.1, -0.05) is 11.6 Å². The van der Waals surface area contributed by atoms with Crippen molar-refractivity contribution in [3.8, 4) is 0 Å². The van der Waals surface area contributed by atoms with E-state index in [9.17, 15) is 4.79 Å². The number of carboxylic acid groups (broad SMARTS) is 1. The second kappa shape index (κ2) is 5.27. The molecule has 2 atom stereocenters. The normalized spacial score (nSPS) is 24.1. The van der Waals surface area contributed by atoms with Gasteiger partial charge < -0.3 is 14.9 Å². The summed E-state index contributed by atoms with van der Waals surface area (Å²) in [7, 11) is 0. The summed E-state index contributed by atoms with van der Waals surface area (Å²) < 4.78 is 4.85. The Hall–Kier alpha value is -1.43. The van der Waals surface area contributed by atoms with Crippen LogP contribution in [0.5, 0.6) is 0 Å². The van der Waals surface area contributed by atoms with Crippen LogP contribution in [-0.2, 0) is 11.3 Å². The maximum Gasteiger partial charge on any atom is 0.306 e. The molecule has 6 heteroatoms. The van der Waals surface area contributed by atoms with Gasteiger partial charge in [0.1, 0.15) is 0 Å². The van der Waals surface area contributed by atoms with Crippen LogP contribution in [0.2, 0.25) is 0 Å². The van der Waals surface area contributed by atoms with Crippen LogP contribution < -0.4 is 5.32 Å². The lowest BCUT2D eigenvalue weighted by Gasteiger charge is -2.15. The Morgan fingerprint density at radius 3 is 3.06 bits per heavy atom. The molecule has 0 aliphatic heterocycles. The molecule has 1 saturated carbocycles. The lowest BCUT2D eigenvalue weighted by Crippen LogP contribution is -2.29. The Balaban J connectivity index is 1.76. The largest absolute Gasteiger partial charge is 0.481 e. The fourth-order valence-electron chi connectivity index (χ4n) is 2.39. The number of carboxylic acids is 1. The first-order chi connectivity index (χ1) is 8.16. The van der Waals surface area contributed by atoms with E-state index < -0.39 is 5.97 Å². The smallest absolute Gasteiger partial charge is 0.306 e. The van der Waals surface area contributed by atoms with E-state index in [2.05, 4.69) is 15.5 Å². The predicted octanol–water partition coefficient (Wildman–Crippen LogP) is 0.969. The molecule has 1 fully saturated rings. The Morgan fingerprint density at radius 2 is 2.41 bits per heavy atom. The van der Waals surface area contributed by atoms with Gasteiger partial charge in [-0.25, -0.2) is 0 Å². The second-order valence-electron chi connectivity index (χ2n) is 4.50. The molecule has 1 aromatic heterocycles. The van der Waals surface area contributed by atoms with Gasteiger partial charge in [-0.3, -0.25) is 4.79 Å². The first kappa shape index (κ1) is 12.0. The molecule has 2 unspecified atom stereocenters. The van der Waals surface area contributed by atoms with E-state index in [4.69, 9.17) is 9.63 Å². The molecule has 2 rings (SSSR count). The number of aliphatic carboxylic acids is 1. The van der Waals surface area contributed by atoms with E-state index in [-0.39, 0.29) is 11.8 Å². The summed E-state index contributed by atoms with van der Waals surface area (Å²) >= 11 is 0. The zero-order valence-electron chi connectivity index (χ0n) is 9.85. The summed E-state index contributed by atoms with van der Waals surface area (Å²) in [5.41, 5.74) is 0. The minimum atomic E-state index is -0.676. The van der Waals surface area contributed by atoms with E-state index in [1.54, 1.807) is 6.92 Å². The highest BCUT2D eigenvalue weighted by molar-refractivity contribution is 5.70. The third kappa shape index (κ3) is 3.03. The van der Waals surface area contributed by atoms with Crippen molar-refractivity contribution in [2.75, 3.05) is 6.54 Å². The number of nitrogens with zero attached hydrogens (tertiary/aromatic N) is 2. The van der Waals surface area contributed by atoms with Crippen LogP contribution >= 0.6 is 0 Å². The Bertz CT molecular complexity index is 391. The number of hydrogen-bond acceptors (Lipinski definition) is 5. The topological polar surface area (TPSA) is 88.2 Å². The highest BCUT2D eigenvalue weighted by atomic mass is 16.5. The van der Waals surface area contributed by atoms with Gasteiger partial charge in [0.2, 0.25) is 5.89 Å². The molecule has 94 valence electrons. The van der Waals surface area contributed by atoms with E-state index in [0.29, 0.717) is 24.8 Å². The monoisotopic (exact) mass is 239 g/mol. The highest BCUT2D eigenvalue weighted by Crippen LogP contribution is 2.31. The van der Waals surface area contributed by atoms with Crippen molar-refractivity contribution in [1.82, 2.24) is 15.5 Å². The fraction of sp³-hybridized carbons (Fsp3) is 0.727. The third-order valence-corrected chi connectivity index (χ3v) is 3.24. The standard InChI is InChI=1S/C11H17N3O3/c1-7-13-10(14-17-7)6-12-5-8-3-2-4-9(8)11(15)16/h8-9,12H,2-6H2,1H3,(H,15,16). The van der Waals surface area contributed by atoms with Crippen LogP contribution in [0.3, 0.4) is 0 Å². The molecule has 2 N–H and O–H groups in total. The number of rotatable bonds is 5. The molecular formula is C11H17N3O3. The molecule has 0 bridgehead atoms. The molecule has 1 aliphatic carbocycles. The van der Waals surface area contributed by atoms with Crippen molar-refractivity contribution in [1.29, 1.82) is 0 Å². The fourth-order valence-corrected chi connectivity index (χ4v) is 2.39. The van der Waals surface area contributed by atoms with Gasteiger partial charge in [0.25, 0.3) is 0 Å². The van der Waals surface area contributed by atoms with Crippen LogP contribution in [0.4, 0.5) is 0 Å². The molecule has 1 aliphatic rings. The number of hydrogen-bond donors (Lipinski definition) is 2. The van der Waals surface area contributed by atoms with Crippen molar-refractivity contribution in [3.05, 3.63) is 11.7 Å². The molecule has 17 heavy (non-hydrogen) atoms. The summed E-state index contributed by atoms with van der Waals surface area (Å²) in [6.07, 6.45) is 2.78. The van der Waals surface area contributed by atoms with Crippen LogP contribution in [0.1, 0.15) is 31.0 Å². The van der Waals surface area contributed by atoms with Crippen molar-refractivity contribution >= 4 is 5.97 Å². The van der Waals surface area contributed by atoms with Gasteiger partial charge in [-0.15, -0.1) is 0 Å². The zero-order chi connectivity index (χ0) is 12.3. The molecule has 1 heterocycles. The third-order valence-electron chi connectivity index (χ3n) is 3.24. The van der Waals surface area contributed by atoms with Crippen molar-refractivity contribution < 1.29 is 14.4 Å². The molecule has 0 spiro atoms. The lowest BCUT2D eigenvalue weighted by molar-refractivity contribution is -0.142. The van der Waals surface area contributed by atoms with Crippen molar-refractivity contribution in [2.24, 2.45) is 11.8 Å². The van der Waals surface area contributed by atoms with Crippen LogP contribution in [0, 0.1) is 18.8 Å². The van der Waals surface area contributed by atoms with Crippen LogP contribution in [0.15, 0.2) is 4.52 Å². The number of aryl methyl sites for hydroxylation is 1. The van der Waals surface area contributed by atoms with Crippen LogP contribution in [-0.4, -0.2) is 27.8 Å². The first-order valence-corrected chi connectivity index (χ1v) is 5.89. The summed E-state index contributed by atoms with van der Waals surface area (Å²) in [5, 5.41) is 16.0. The van der Waals surface area contributed by atoms with Gasteiger partial charge in [0.05, 0.1) is 12.5 Å². The predicted molar refractivity (Wildman–Crippen MR) is 59.2 cm³/mol. The van der Waals surface area contributed by atoms with Crippen molar-refractivity contribution in [2.45, 2.75) is 32.7 Å². The minimum absolute atomic E-state index is 0.200. The Morgan fingerprint density at radius 1 is 1.59 bits per heavy atom. The minimum Gasteiger partial charge on any atom is -0.481 e. The van der Waals surface area contributed by atoms with Gasteiger partial charge in [0, 0.05) is 6.92 Å². The molecular weight excluding hydrogens is 222 g/mol. The van der Waals surface area contributed by atoms with Gasteiger partial charge in [0.15, 0.2) is 5.82 Å². The lowest BCUT2D eigenvalue weighted by atomic mass is 9.96. The van der Waals surface area contributed by atoms with Crippen molar-refractivity contribution in [3.63, 3.8) is 0 Å². The Labute approximate surface area is 99.4 Å². The number of aromatic nitrogens is 2. The summed E-state index contributed by atoms with van der Waals surface area (Å²) in [4.78, 5) is 15.1. The van der Waals surface area contributed by atoms with Gasteiger partial charge >= 0.3 is 5.97 Å². The number of nitrogens with one attached hydrogen (secondary N) is 1. The SMILES string of the molecule is Cc1nc(CNCC2CCCC2C(=O)O)no1. The number of carbonyl (C=O) groups is 1. The first-order valence-electron chi connectivity index (χ1n) is 5.89. The molecule has 0 saturated heterocycles. The van der Waals surface area contributed by atoms with E-state index in [0.717, 1.165) is 19.3 Å². The van der Waals surface area contributed by atoms with Crippen LogP contribution in [0.25, 0.3) is 0 Å². The molecule has 1 aromatic rings. The molecule has 0 amide bonds. The highest BCUT2D eigenvalue weighted by Gasteiger charge is 2.32. The average Bonchev–Trinajstić information content (AvgIpc) is 2.87. The average molecular weight is 239 g/mol. The molecule has 0 radical (unpaired) electrons. The van der Waals surface area contributed by atoms with E-state index in [1.807, 2.05) is 0 Å². The maximum absolute atomic E-state index is 11.0. The zero-order valence-corrected chi connectivity index (χ0v) is 9.85. The molecule has 6 nitrogen and oxygen atoms in total. The second-order valence-corrected chi connectivity index (χ2v) is 4.50. The Kier molecular flexibility index (Phi) is 3.73. The van der Waals surface area contributed by atoms with E-state index in [1.165, 1.54) is 0 Å². The quantitative estimate of drug-likeness (QED) is 0.796. The summed E-state index contributed by atoms with van der Waals surface area (Å²) in [6.45, 7) is 2.97. The maximum atomic E-state index is 11.0. The summed E-state index contributed by atoms with van der Waals surface area (Å²) in [6, 6.07) is 0. The van der Waals surface area contributed by atoms with Gasteiger partial charge in [-0.05, 0) is 25.3 Å². The van der Waals surface area contributed by atoms with E-state index >= 15 is 0 Å². The summed E-state index contributed by atoms with van der Waals surface area (Å²) in [5.74, 6) is 0.512. The molecule has 0 aromatic carbocycles.